The Morgan fingerprint density at radius 1 is 1.64 bits per heavy atom. The Bertz CT molecular complexity index is 304. The highest BCUT2D eigenvalue weighted by Gasteiger charge is 1.90. The molecular formula is C10H9N. The normalized spacial score (nSPS) is 14.9. The van der Waals surface area contributed by atoms with Crippen molar-refractivity contribution in [2.45, 2.75) is 13.3 Å². The number of hydrogen-bond acceptors (Lipinski definition) is 1. The van der Waals surface area contributed by atoms with E-state index in [9.17, 15) is 0 Å². The predicted molar refractivity (Wildman–Crippen MR) is 44.7 cm³/mol. The lowest BCUT2D eigenvalue weighted by molar-refractivity contribution is 1.15. The number of nitriles is 1. The van der Waals surface area contributed by atoms with Crippen molar-refractivity contribution in [3.63, 3.8) is 0 Å². The van der Waals surface area contributed by atoms with Crippen LogP contribution in [0.4, 0.5) is 0 Å². The molecule has 11 heavy (non-hydrogen) atoms. The summed E-state index contributed by atoms with van der Waals surface area (Å²) in [5.74, 6) is 0. The largest absolute Gasteiger partial charge is 0.192 e. The van der Waals surface area contributed by atoms with E-state index in [1.807, 2.05) is 24.3 Å². The van der Waals surface area contributed by atoms with Crippen LogP contribution in [-0.2, 0) is 0 Å². The molecule has 0 fully saturated rings. The van der Waals surface area contributed by atoms with Gasteiger partial charge in [0, 0.05) is 0 Å². The van der Waals surface area contributed by atoms with E-state index in [2.05, 4.69) is 12.7 Å². The van der Waals surface area contributed by atoms with Gasteiger partial charge in [0.1, 0.15) is 6.07 Å². The van der Waals surface area contributed by atoms with Crippen LogP contribution in [0.5, 0.6) is 0 Å². The lowest BCUT2D eigenvalue weighted by Crippen LogP contribution is -1.68. The molecule has 0 N–H and O–H groups in total. The molecule has 0 heterocycles. The van der Waals surface area contributed by atoms with E-state index in [-0.39, 0.29) is 0 Å². The van der Waals surface area contributed by atoms with Gasteiger partial charge >= 0.3 is 0 Å². The Morgan fingerprint density at radius 2 is 2.45 bits per heavy atom. The van der Waals surface area contributed by atoms with Crippen molar-refractivity contribution in [2.75, 3.05) is 0 Å². The van der Waals surface area contributed by atoms with Gasteiger partial charge in [0.25, 0.3) is 0 Å². The predicted octanol–water partition coefficient (Wildman–Crippen LogP) is 2.50. The molecular weight excluding hydrogens is 134 g/mol. The second-order valence-electron chi connectivity index (χ2n) is 2.27. The Labute approximate surface area is 66.7 Å². The lowest BCUT2D eigenvalue weighted by Gasteiger charge is -1.87. The Morgan fingerprint density at radius 3 is 3.09 bits per heavy atom. The minimum Gasteiger partial charge on any atom is -0.192 e. The minimum atomic E-state index is 0.588. The smallest absolute Gasteiger partial charge is 0.108 e. The molecule has 54 valence electrons. The summed E-state index contributed by atoms with van der Waals surface area (Å²) in [4.78, 5) is 0. The van der Waals surface area contributed by atoms with Crippen LogP contribution in [0.25, 0.3) is 0 Å². The van der Waals surface area contributed by atoms with Crippen molar-refractivity contribution in [1.82, 2.24) is 0 Å². The molecule has 1 aliphatic carbocycles. The highest BCUT2D eigenvalue weighted by molar-refractivity contribution is 5.39. The quantitative estimate of drug-likeness (QED) is 0.517. The minimum absolute atomic E-state index is 0.588. The maximum Gasteiger partial charge on any atom is 0.108 e. The molecule has 0 spiro atoms. The van der Waals surface area contributed by atoms with Crippen LogP contribution in [0.2, 0.25) is 0 Å². The first kappa shape index (κ1) is 7.60. The van der Waals surface area contributed by atoms with Crippen molar-refractivity contribution >= 4 is 0 Å². The molecule has 1 nitrogen and oxygen atoms in total. The van der Waals surface area contributed by atoms with Crippen molar-refractivity contribution in [3.8, 4) is 6.07 Å². The Hall–Kier alpha value is -1.51. The summed E-state index contributed by atoms with van der Waals surface area (Å²) in [7, 11) is 0. The van der Waals surface area contributed by atoms with Crippen LogP contribution in [0.15, 0.2) is 41.2 Å². The van der Waals surface area contributed by atoms with Crippen LogP contribution in [0, 0.1) is 11.3 Å². The molecule has 0 aromatic rings. The third kappa shape index (κ3) is 1.97. The van der Waals surface area contributed by atoms with Crippen LogP contribution < -0.4 is 0 Å². The van der Waals surface area contributed by atoms with Crippen molar-refractivity contribution < 1.29 is 0 Å². The Kier molecular flexibility index (Phi) is 2.49. The fraction of sp³-hybridized carbons (Fsp3) is 0.200. The van der Waals surface area contributed by atoms with E-state index in [4.69, 9.17) is 5.26 Å². The van der Waals surface area contributed by atoms with Crippen molar-refractivity contribution in [1.29, 1.82) is 5.26 Å². The summed E-state index contributed by atoms with van der Waals surface area (Å²) in [5, 5.41) is 8.53. The maximum atomic E-state index is 8.53. The standard InChI is InChI=1S/C10H9N/c1-2-9-4-3-5-10(8-11)7-6-9/h3-6H,2H2,1H3. The SMILES string of the molecule is CCC1=CC=CC(C#N)=C=C1. The molecule has 1 aliphatic rings. The van der Waals surface area contributed by atoms with Gasteiger partial charge in [0.2, 0.25) is 0 Å². The second-order valence-corrected chi connectivity index (χ2v) is 2.27. The van der Waals surface area contributed by atoms with Crippen molar-refractivity contribution in [3.05, 3.63) is 41.2 Å². The van der Waals surface area contributed by atoms with Crippen LogP contribution in [0.3, 0.4) is 0 Å². The first-order chi connectivity index (χ1) is 5.36. The van der Waals surface area contributed by atoms with E-state index in [0.29, 0.717) is 5.57 Å². The van der Waals surface area contributed by atoms with E-state index < -0.39 is 0 Å². The van der Waals surface area contributed by atoms with E-state index >= 15 is 0 Å². The molecule has 0 unspecified atom stereocenters. The first-order valence-electron chi connectivity index (χ1n) is 3.61. The van der Waals surface area contributed by atoms with E-state index in [0.717, 1.165) is 6.42 Å². The van der Waals surface area contributed by atoms with Gasteiger partial charge < -0.3 is 0 Å². The average molecular weight is 143 g/mol. The summed E-state index contributed by atoms with van der Waals surface area (Å²) in [6.07, 6.45) is 8.49. The molecule has 0 atom stereocenters. The molecule has 0 saturated carbocycles. The number of rotatable bonds is 1. The number of nitrogens with zero attached hydrogens (tertiary/aromatic N) is 1. The zero-order valence-electron chi connectivity index (χ0n) is 6.46. The first-order valence-corrected chi connectivity index (χ1v) is 3.61. The van der Waals surface area contributed by atoms with Gasteiger partial charge in [-0.05, 0) is 24.1 Å². The number of allylic oxidation sites excluding steroid dienone is 5. The van der Waals surface area contributed by atoms with Crippen molar-refractivity contribution in [2.24, 2.45) is 0 Å². The average Bonchev–Trinajstić information content (AvgIpc) is 2.28. The molecule has 1 rings (SSSR count). The molecule has 0 saturated heterocycles. The molecule has 0 aliphatic heterocycles. The lowest BCUT2D eigenvalue weighted by atomic mass is 10.2. The maximum absolute atomic E-state index is 8.53. The van der Waals surface area contributed by atoms with Gasteiger partial charge in [-0.25, -0.2) is 0 Å². The van der Waals surface area contributed by atoms with Gasteiger partial charge in [0.05, 0.1) is 5.57 Å². The molecule has 0 amide bonds. The highest BCUT2D eigenvalue weighted by atomic mass is 14.2. The fourth-order valence-corrected chi connectivity index (χ4v) is 0.824. The Balaban J connectivity index is 2.98. The van der Waals surface area contributed by atoms with Gasteiger partial charge in [-0.2, -0.15) is 5.26 Å². The third-order valence-corrected chi connectivity index (χ3v) is 1.51. The fourth-order valence-electron chi connectivity index (χ4n) is 0.824. The monoisotopic (exact) mass is 143 g/mol. The van der Waals surface area contributed by atoms with E-state index in [1.165, 1.54) is 5.57 Å². The topological polar surface area (TPSA) is 23.8 Å². The van der Waals surface area contributed by atoms with Crippen LogP contribution in [0.1, 0.15) is 13.3 Å². The van der Waals surface area contributed by atoms with Crippen LogP contribution >= 0.6 is 0 Å². The molecule has 0 aromatic carbocycles. The highest BCUT2D eigenvalue weighted by Crippen LogP contribution is 2.07. The summed E-state index contributed by atoms with van der Waals surface area (Å²) in [6, 6.07) is 2.04. The van der Waals surface area contributed by atoms with Gasteiger partial charge in [-0.1, -0.05) is 19.1 Å². The zero-order chi connectivity index (χ0) is 8.10. The summed E-state index contributed by atoms with van der Waals surface area (Å²) < 4.78 is 0. The summed E-state index contributed by atoms with van der Waals surface area (Å²) >= 11 is 0. The summed E-state index contributed by atoms with van der Waals surface area (Å²) in [6.45, 7) is 2.08. The molecule has 0 bridgehead atoms. The molecule has 0 aromatic heterocycles. The van der Waals surface area contributed by atoms with E-state index in [1.54, 1.807) is 6.08 Å². The molecule has 0 radical (unpaired) electrons. The van der Waals surface area contributed by atoms with Crippen LogP contribution in [-0.4, -0.2) is 0 Å². The van der Waals surface area contributed by atoms with Gasteiger partial charge in [0.15, 0.2) is 0 Å². The van der Waals surface area contributed by atoms with Gasteiger partial charge in [-0.3, -0.25) is 0 Å². The summed E-state index contributed by atoms with van der Waals surface area (Å²) in [5.41, 5.74) is 4.70. The molecule has 1 heteroatoms. The third-order valence-electron chi connectivity index (χ3n) is 1.51. The second kappa shape index (κ2) is 3.61. The number of hydrogen-bond donors (Lipinski definition) is 0. The van der Waals surface area contributed by atoms with Gasteiger partial charge in [-0.15, -0.1) is 5.73 Å². The zero-order valence-corrected chi connectivity index (χ0v) is 6.46.